The highest BCUT2D eigenvalue weighted by atomic mass is 35.5. The van der Waals surface area contributed by atoms with E-state index < -0.39 is 0 Å². The standard InChI is InChI=1S/C26H15ClO/c27-23-13-21(20-10-9-16-5-1-2-6-17(16)11-20)15-25-26(23)22-12-18-7-3-4-8-19(18)14-24(22)28-25/h1-15H. The Bertz CT molecular complexity index is 1520. The van der Waals surface area contributed by atoms with Gasteiger partial charge in [0.2, 0.25) is 0 Å². The van der Waals surface area contributed by atoms with Gasteiger partial charge in [-0.15, -0.1) is 0 Å². The average molecular weight is 379 g/mol. The first kappa shape index (κ1) is 15.7. The van der Waals surface area contributed by atoms with Crippen LogP contribution in [-0.4, -0.2) is 0 Å². The Morgan fingerprint density at radius 3 is 2.00 bits per heavy atom. The molecule has 1 aromatic heterocycles. The van der Waals surface area contributed by atoms with Gasteiger partial charge >= 0.3 is 0 Å². The Hall–Kier alpha value is -3.29. The fraction of sp³-hybridized carbons (Fsp3) is 0. The van der Waals surface area contributed by atoms with Crippen molar-refractivity contribution in [1.82, 2.24) is 0 Å². The Labute approximate surface area is 166 Å². The predicted octanol–water partition coefficient (Wildman–Crippen LogP) is 8.21. The second-order valence-corrected chi connectivity index (χ2v) is 7.60. The van der Waals surface area contributed by atoms with Gasteiger partial charge in [-0.2, -0.15) is 0 Å². The molecule has 0 unspecified atom stereocenters. The van der Waals surface area contributed by atoms with E-state index in [1.165, 1.54) is 21.5 Å². The average Bonchev–Trinajstić information content (AvgIpc) is 3.09. The molecule has 1 heterocycles. The van der Waals surface area contributed by atoms with Gasteiger partial charge in [0.25, 0.3) is 0 Å². The lowest BCUT2D eigenvalue weighted by Crippen LogP contribution is -1.80. The molecule has 1 nitrogen and oxygen atoms in total. The van der Waals surface area contributed by atoms with Gasteiger partial charge in [-0.05, 0) is 63.0 Å². The van der Waals surface area contributed by atoms with Gasteiger partial charge in [0.05, 0.1) is 5.02 Å². The molecule has 0 saturated heterocycles. The zero-order valence-electron chi connectivity index (χ0n) is 14.9. The van der Waals surface area contributed by atoms with Crippen molar-refractivity contribution >= 4 is 55.1 Å². The monoisotopic (exact) mass is 378 g/mol. The quantitative estimate of drug-likeness (QED) is 0.281. The predicted molar refractivity (Wildman–Crippen MR) is 119 cm³/mol. The lowest BCUT2D eigenvalue weighted by atomic mass is 9.99. The molecule has 0 saturated carbocycles. The van der Waals surface area contributed by atoms with Crippen molar-refractivity contribution in [1.29, 1.82) is 0 Å². The normalized spacial score (nSPS) is 11.8. The lowest BCUT2D eigenvalue weighted by Gasteiger charge is -2.06. The summed E-state index contributed by atoms with van der Waals surface area (Å²) in [5.41, 5.74) is 3.88. The van der Waals surface area contributed by atoms with E-state index in [4.69, 9.17) is 16.0 Å². The molecule has 0 spiro atoms. The summed E-state index contributed by atoms with van der Waals surface area (Å²) in [4.78, 5) is 0. The summed E-state index contributed by atoms with van der Waals surface area (Å²) >= 11 is 6.74. The van der Waals surface area contributed by atoms with Gasteiger partial charge in [0.1, 0.15) is 11.2 Å². The molecular weight excluding hydrogens is 364 g/mol. The van der Waals surface area contributed by atoms with Crippen LogP contribution in [0.1, 0.15) is 0 Å². The maximum absolute atomic E-state index is 6.74. The minimum absolute atomic E-state index is 0.717. The third kappa shape index (κ3) is 2.33. The molecule has 0 bridgehead atoms. The van der Waals surface area contributed by atoms with Crippen LogP contribution in [0.15, 0.2) is 95.4 Å². The Kier molecular flexibility index (Phi) is 3.29. The van der Waals surface area contributed by atoms with Crippen molar-refractivity contribution in [3.8, 4) is 11.1 Å². The first-order valence-corrected chi connectivity index (χ1v) is 9.68. The van der Waals surface area contributed by atoms with Crippen LogP contribution in [0.5, 0.6) is 0 Å². The molecule has 2 heteroatoms. The molecule has 5 aromatic carbocycles. The van der Waals surface area contributed by atoms with E-state index in [-0.39, 0.29) is 0 Å². The Morgan fingerprint density at radius 2 is 1.21 bits per heavy atom. The molecule has 0 aliphatic carbocycles. The number of hydrogen-bond donors (Lipinski definition) is 0. The summed E-state index contributed by atoms with van der Waals surface area (Å²) in [7, 11) is 0. The summed E-state index contributed by atoms with van der Waals surface area (Å²) in [5, 5.41) is 7.55. The number of benzene rings is 5. The maximum atomic E-state index is 6.74. The first-order chi connectivity index (χ1) is 13.8. The van der Waals surface area contributed by atoms with Crippen molar-refractivity contribution < 1.29 is 4.42 Å². The molecule has 6 aromatic rings. The highest BCUT2D eigenvalue weighted by Gasteiger charge is 2.14. The van der Waals surface area contributed by atoms with Crippen molar-refractivity contribution in [2.45, 2.75) is 0 Å². The molecule has 0 aliphatic rings. The van der Waals surface area contributed by atoms with Crippen LogP contribution in [0.2, 0.25) is 5.02 Å². The van der Waals surface area contributed by atoms with E-state index in [1.807, 2.05) is 12.1 Å². The van der Waals surface area contributed by atoms with Gasteiger partial charge in [0.15, 0.2) is 0 Å². The van der Waals surface area contributed by atoms with Crippen LogP contribution in [0.25, 0.3) is 54.6 Å². The van der Waals surface area contributed by atoms with E-state index >= 15 is 0 Å². The molecule has 0 N–H and O–H groups in total. The van der Waals surface area contributed by atoms with Crippen LogP contribution in [0.4, 0.5) is 0 Å². The van der Waals surface area contributed by atoms with E-state index in [1.54, 1.807) is 0 Å². The third-order valence-electron chi connectivity index (χ3n) is 5.47. The van der Waals surface area contributed by atoms with Crippen molar-refractivity contribution in [3.05, 3.63) is 96.0 Å². The maximum Gasteiger partial charge on any atom is 0.137 e. The number of hydrogen-bond acceptors (Lipinski definition) is 1. The summed E-state index contributed by atoms with van der Waals surface area (Å²) in [5.74, 6) is 0. The molecule has 132 valence electrons. The molecular formula is C26H15ClO. The largest absolute Gasteiger partial charge is 0.456 e. The minimum atomic E-state index is 0.717. The second-order valence-electron chi connectivity index (χ2n) is 7.19. The fourth-order valence-corrected chi connectivity index (χ4v) is 4.39. The topological polar surface area (TPSA) is 13.1 Å². The van der Waals surface area contributed by atoms with Crippen LogP contribution in [-0.2, 0) is 0 Å². The number of furan rings is 1. The molecule has 0 fully saturated rings. The Morgan fingerprint density at radius 1 is 0.536 bits per heavy atom. The highest BCUT2D eigenvalue weighted by molar-refractivity contribution is 6.38. The SMILES string of the molecule is Clc1cc(-c2ccc3ccccc3c2)cc2oc3cc4ccccc4cc3c12. The van der Waals surface area contributed by atoms with E-state index in [9.17, 15) is 0 Å². The number of rotatable bonds is 1. The zero-order valence-corrected chi connectivity index (χ0v) is 15.7. The Balaban J connectivity index is 1.62. The molecule has 0 radical (unpaired) electrons. The first-order valence-electron chi connectivity index (χ1n) is 9.30. The summed E-state index contributed by atoms with van der Waals surface area (Å²) in [6.45, 7) is 0. The van der Waals surface area contributed by atoms with E-state index in [0.29, 0.717) is 0 Å². The molecule has 6 rings (SSSR count). The van der Waals surface area contributed by atoms with Crippen LogP contribution in [0, 0.1) is 0 Å². The minimum Gasteiger partial charge on any atom is -0.456 e. The van der Waals surface area contributed by atoms with Crippen molar-refractivity contribution in [2.24, 2.45) is 0 Å². The fourth-order valence-electron chi connectivity index (χ4n) is 4.08. The van der Waals surface area contributed by atoms with Crippen molar-refractivity contribution in [2.75, 3.05) is 0 Å². The summed E-state index contributed by atoms with van der Waals surface area (Å²) < 4.78 is 6.21. The van der Waals surface area contributed by atoms with Gasteiger partial charge in [-0.3, -0.25) is 0 Å². The van der Waals surface area contributed by atoms with Crippen LogP contribution < -0.4 is 0 Å². The van der Waals surface area contributed by atoms with Crippen LogP contribution in [0.3, 0.4) is 0 Å². The second kappa shape index (κ2) is 5.85. The number of fused-ring (bicyclic) bond motifs is 5. The lowest BCUT2D eigenvalue weighted by molar-refractivity contribution is 0.669. The highest BCUT2D eigenvalue weighted by Crippen LogP contribution is 2.39. The summed E-state index contributed by atoms with van der Waals surface area (Å²) in [6, 6.07) is 31.6. The summed E-state index contributed by atoms with van der Waals surface area (Å²) in [6.07, 6.45) is 0. The van der Waals surface area contributed by atoms with Gasteiger partial charge < -0.3 is 4.42 Å². The number of halogens is 1. The van der Waals surface area contributed by atoms with E-state index in [2.05, 4.69) is 78.9 Å². The smallest absolute Gasteiger partial charge is 0.137 e. The molecule has 0 amide bonds. The van der Waals surface area contributed by atoms with Crippen LogP contribution >= 0.6 is 11.6 Å². The van der Waals surface area contributed by atoms with Gasteiger partial charge in [-0.25, -0.2) is 0 Å². The molecule has 28 heavy (non-hydrogen) atoms. The van der Waals surface area contributed by atoms with Gasteiger partial charge in [-0.1, -0.05) is 72.3 Å². The van der Waals surface area contributed by atoms with Crippen molar-refractivity contribution in [3.63, 3.8) is 0 Å². The van der Waals surface area contributed by atoms with Gasteiger partial charge in [0, 0.05) is 10.8 Å². The van der Waals surface area contributed by atoms with E-state index in [0.717, 1.165) is 38.1 Å². The third-order valence-corrected chi connectivity index (χ3v) is 5.77. The molecule has 0 atom stereocenters. The molecule has 0 aliphatic heterocycles. The zero-order chi connectivity index (χ0) is 18.7.